The fourth-order valence-electron chi connectivity index (χ4n) is 5.71. The van der Waals surface area contributed by atoms with Crippen molar-refractivity contribution >= 4 is 29.0 Å². The van der Waals surface area contributed by atoms with Crippen LogP contribution in [0.3, 0.4) is 0 Å². The van der Waals surface area contributed by atoms with Crippen LogP contribution in [-0.4, -0.2) is 42.1 Å². The summed E-state index contributed by atoms with van der Waals surface area (Å²) < 4.78 is 4.83. The molecule has 1 aromatic carbocycles. The first-order valence-corrected chi connectivity index (χ1v) is 14.3. The minimum absolute atomic E-state index is 0.00122. The Bertz CT molecular complexity index is 1260. The molecule has 200 valence electrons. The molecule has 2 aliphatic rings. The highest BCUT2D eigenvalue weighted by Crippen LogP contribution is 2.40. The molecule has 0 atom stereocenters. The standard InChI is InChI=1S/C30H36N4O3S/c1-34(29(36)37-2)25-10-4-20(5-11-25)16-27(35)33-24-17-26(22-12-15-38-19-22)28(32-18-24)21-6-8-23(9-7-21)30(31)13-3-14-30/h6-9,12,15,17-20,25H,3-5,10-11,13-14,16,31H2,1-2H3,(H,33,35)/t20-,25-. The number of amides is 2. The zero-order chi connectivity index (χ0) is 26.7. The summed E-state index contributed by atoms with van der Waals surface area (Å²) in [4.78, 5) is 31.2. The van der Waals surface area contributed by atoms with E-state index in [0.717, 1.165) is 60.9 Å². The van der Waals surface area contributed by atoms with Crippen molar-refractivity contribution in [2.24, 2.45) is 11.7 Å². The number of hydrogen-bond donors (Lipinski definition) is 2. The first kappa shape index (κ1) is 26.4. The van der Waals surface area contributed by atoms with Crippen molar-refractivity contribution in [3.05, 3.63) is 58.9 Å². The third-order valence-corrected chi connectivity index (χ3v) is 8.97. The summed E-state index contributed by atoms with van der Waals surface area (Å²) in [6, 6.07) is 12.7. The molecule has 2 saturated carbocycles. The zero-order valence-corrected chi connectivity index (χ0v) is 22.9. The SMILES string of the molecule is COC(=O)N(C)[C@H]1CC[C@H](CC(=O)Nc2cnc(-c3ccc(C4(N)CCC4)cc3)c(-c3ccsc3)c2)CC1. The molecule has 0 unspecified atom stereocenters. The van der Waals surface area contributed by atoms with Crippen molar-refractivity contribution in [2.75, 3.05) is 19.5 Å². The van der Waals surface area contributed by atoms with Crippen LogP contribution in [0.15, 0.2) is 53.4 Å². The molecule has 2 aliphatic carbocycles. The Morgan fingerprint density at radius 2 is 1.87 bits per heavy atom. The second-order valence-electron chi connectivity index (χ2n) is 10.7. The van der Waals surface area contributed by atoms with Crippen molar-refractivity contribution in [2.45, 2.75) is 62.9 Å². The monoisotopic (exact) mass is 532 g/mol. The first-order valence-electron chi connectivity index (χ1n) is 13.4. The zero-order valence-electron chi connectivity index (χ0n) is 22.1. The van der Waals surface area contributed by atoms with Gasteiger partial charge < -0.3 is 20.7 Å². The Morgan fingerprint density at radius 1 is 1.13 bits per heavy atom. The molecule has 7 nitrogen and oxygen atoms in total. The molecule has 2 fully saturated rings. The number of aromatic nitrogens is 1. The number of nitrogens with zero attached hydrogens (tertiary/aromatic N) is 2. The van der Waals surface area contributed by atoms with Gasteiger partial charge in [0.15, 0.2) is 0 Å². The number of ether oxygens (including phenoxy) is 1. The lowest BCUT2D eigenvalue weighted by Gasteiger charge is -2.38. The number of anilines is 1. The normalized spacial score (nSPS) is 20.3. The Labute approximate surface area is 228 Å². The second kappa shape index (κ2) is 11.3. The fraction of sp³-hybridized carbons (Fsp3) is 0.433. The molecule has 3 N–H and O–H groups in total. The van der Waals surface area contributed by atoms with Gasteiger partial charge in [-0.2, -0.15) is 11.3 Å². The quantitative estimate of drug-likeness (QED) is 0.367. The summed E-state index contributed by atoms with van der Waals surface area (Å²) in [7, 11) is 3.18. The molecule has 3 aromatic rings. The van der Waals surface area contributed by atoms with Gasteiger partial charge >= 0.3 is 6.09 Å². The van der Waals surface area contributed by atoms with E-state index >= 15 is 0 Å². The highest BCUT2D eigenvalue weighted by molar-refractivity contribution is 7.08. The van der Waals surface area contributed by atoms with Gasteiger partial charge in [0.1, 0.15) is 0 Å². The van der Waals surface area contributed by atoms with Crippen molar-refractivity contribution < 1.29 is 14.3 Å². The highest BCUT2D eigenvalue weighted by Gasteiger charge is 2.34. The molecule has 5 rings (SSSR count). The van der Waals surface area contributed by atoms with Crippen LogP contribution in [0.1, 0.15) is 56.9 Å². The molecule has 0 radical (unpaired) electrons. The first-order chi connectivity index (χ1) is 18.4. The predicted octanol–water partition coefficient (Wildman–Crippen LogP) is 6.40. The number of nitrogens with two attached hydrogens (primary N) is 1. The van der Waals surface area contributed by atoms with E-state index in [1.54, 1.807) is 29.5 Å². The minimum atomic E-state index is -0.304. The third kappa shape index (κ3) is 5.61. The maximum Gasteiger partial charge on any atom is 0.409 e. The smallest absolute Gasteiger partial charge is 0.409 e. The molecule has 0 bridgehead atoms. The van der Waals surface area contributed by atoms with Gasteiger partial charge in [0, 0.05) is 36.2 Å². The number of pyridine rings is 1. The maximum atomic E-state index is 12.9. The van der Waals surface area contributed by atoms with Crippen LogP contribution in [-0.2, 0) is 15.1 Å². The number of rotatable bonds is 7. The number of methoxy groups -OCH3 is 1. The number of carbonyl (C=O) groups is 2. The van der Waals surface area contributed by atoms with Gasteiger partial charge in [-0.3, -0.25) is 9.78 Å². The summed E-state index contributed by atoms with van der Waals surface area (Å²) in [5.74, 6) is 0.305. The van der Waals surface area contributed by atoms with Crippen molar-refractivity contribution in [1.82, 2.24) is 9.88 Å². The summed E-state index contributed by atoms with van der Waals surface area (Å²) >= 11 is 1.64. The van der Waals surface area contributed by atoms with E-state index < -0.39 is 0 Å². The molecule has 0 saturated heterocycles. The van der Waals surface area contributed by atoms with Gasteiger partial charge in [0.2, 0.25) is 5.91 Å². The van der Waals surface area contributed by atoms with Crippen LogP contribution in [0.25, 0.3) is 22.4 Å². The van der Waals surface area contributed by atoms with Crippen LogP contribution in [0, 0.1) is 5.92 Å². The average Bonchev–Trinajstić information content (AvgIpc) is 3.46. The predicted molar refractivity (Wildman–Crippen MR) is 152 cm³/mol. The highest BCUT2D eigenvalue weighted by atomic mass is 32.1. The van der Waals surface area contributed by atoms with E-state index in [1.165, 1.54) is 19.1 Å². The molecule has 2 heterocycles. The van der Waals surface area contributed by atoms with Crippen molar-refractivity contribution in [3.8, 4) is 22.4 Å². The Balaban J connectivity index is 1.26. The van der Waals surface area contributed by atoms with Gasteiger partial charge in [-0.25, -0.2) is 4.79 Å². The topological polar surface area (TPSA) is 97.5 Å². The molecule has 2 aromatic heterocycles. The van der Waals surface area contributed by atoms with Crippen LogP contribution >= 0.6 is 11.3 Å². The van der Waals surface area contributed by atoms with E-state index in [4.69, 9.17) is 15.5 Å². The van der Waals surface area contributed by atoms with Gasteiger partial charge in [-0.1, -0.05) is 24.3 Å². The Morgan fingerprint density at radius 3 is 2.47 bits per heavy atom. The van der Waals surface area contributed by atoms with Gasteiger partial charge in [-0.05, 0) is 84.9 Å². The average molecular weight is 533 g/mol. The lowest BCUT2D eigenvalue weighted by molar-refractivity contribution is -0.117. The number of benzene rings is 1. The number of carbonyl (C=O) groups excluding carboxylic acids is 2. The van der Waals surface area contributed by atoms with Crippen molar-refractivity contribution in [1.29, 1.82) is 0 Å². The summed E-state index contributed by atoms with van der Waals surface area (Å²) in [5, 5.41) is 7.23. The summed E-state index contributed by atoms with van der Waals surface area (Å²) in [6.07, 6.45) is 8.74. The van der Waals surface area contributed by atoms with E-state index in [0.29, 0.717) is 18.0 Å². The molecular formula is C30H36N4O3S. The van der Waals surface area contributed by atoms with E-state index in [-0.39, 0.29) is 23.6 Å². The summed E-state index contributed by atoms with van der Waals surface area (Å²) in [6.45, 7) is 0. The van der Waals surface area contributed by atoms with Crippen LogP contribution in [0.4, 0.5) is 10.5 Å². The minimum Gasteiger partial charge on any atom is -0.453 e. The van der Waals surface area contributed by atoms with E-state index in [2.05, 4.69) is 46.4 Å². The fourth-order valence-corrected chi connectivity index (χ4v) is 6.37. The number of hydrogen-bond acceptors (Lipinski definition) is 6. The van der Waals surface area contributed by atoms with Crippen LogP contribution in [0.2, 0.25) is 0 Å². The molecule has 0 spiro atoms. The lowest BCUT2D eigenvalue weighted by Crippen LogP contribution is -2.43. The van der Waals surface area contributed by atoms with Crippen LogP contribution in [0.5, 0.6) is 0 Å². The Kier molecular flexibility index (Phi) is 7.81. The molecule has 8 heteroatoms. The van der Waals surface area contributed by atoms with Crippen LogP contribution < -0.4 is 11.1 Å². The van der Waals surface area contributed by atoms with Crippen molar-refractivity contribution in [3.63, 3.8) is 0 Å². The molecule has 38 heavy (non-hydrogen) atoms. The third-order valence-electron chi connectivity index (χ3n) is 8.28. The van der Waals surface area contributed by atoms with E-state index in [9.17, 15) is 9.59 Å². The Hall–Kier alpha value is -3.23. The second-order valence-corrected chi connectivity index (χ2v) is 11.5. The van der Waals surface area contributed by atoms with Gasteiger partial charge in [-0.15, -0.1) is 0 Å². The maximum absolute atomic E-state index is 12.9. The summed E-state index contributed by atoms with van der Waals surface area (Å²) in [5.41, 5.74) is 12.2. The van der Waals surface area contributed by atoms with E-state index in [1.807, 2.05) is 6.07 Å². The molecule has 2 amide bonds. The van der Waals surface area contributed by atoms with Gasteiger partial charge in [0.05, 0.1) is 24.7 Å². The van der Waals surface area contributed by atoms with Gasteiger partial charge in [0.25, 0.3) is 0 Å². The number of thiophene rings is 1. The lowest BCUT2D eigenvalue weighted by atomic mass is 9.72. The largest absolute Gasteiger partial charge is 0.453 e. The molecular weight excluding hydrogens is 496 g/mol. The number of nitrogens with one attached hydrogen (secondary N) is 1. The molecule has 0 aliphatic heterocycles.